The predicted octanol–water partition coefficient (Wildman–Crippen LogP) is 4.36. The maximum Gasteiger partial charge on any atom is 0.257 e. The van der Waals surface area contributed by atoms with Crippen LogP contribution in [0.15, 0.2) is 53.3 Å². The molecule has 0 bridgehead atoms. The van der Waals surface area contributed by atoms with Crippen LogP contribution in [0, 0.1) is 5.82 Å². The number of nitrogens with one attached hydrogen (secondary N) is 1. The lowest BCUT2D eigenvalue weighted by molar-refractivity contribution is -0.116. The molecule has 0 atom stereocenters. The number of nitrogens with zero attached hydrogens (tertiary/aromatic N) is 3. The zero-order chi connectivity index (χ0) is 23.5. The molecule has 33 heavy (non-hydrogen) atoms. The molecule has 2 aromatic carbocycles. The predicted molar refractivity (Wildman–Crippen MR) is 127 cm³/mol. The number of carbonyl (C=O) groups is 1. The zero-order valence-corrected chi connectivity index (χ0v) is 19.4. The number of benzene rings is 2. The van der Waals surface area contributed by atoms with E-state index in [9.17, 15) is 14.0 Å². The summed E-state index contributed by atoms with van der Waals surface area (Å²) in [4.78, 5) is 33.1. The van der Waals surface area contributed by atoms with Crippen LogP contribution in [-0.2, 0) is 30.8 Å². The summed E-state index contributed by atoms with van der Waals surface area (Å²) in [5.74, 6) is -0.736. The fourth-order valence-corrected chi connectivity index (χ4v) is 4.28. The monoisotopic (exact) mass is 468 g/mol. The van der Waals surface area contributed by atoms with Crippen LogP contribution in [0.1, 0.15) is 42.4 Å². The van der Waals surface area contributed by atoms with Crippen molar-refractivity contribution in [3.63, 3.8) is 0 Å². The van der Waals surface area contributed by atoms with Gasteiger partial charge in [0.2, 0.25) is 5.91 Å². The first-order chi connectivity index (χ1) is 15.8. The van der Waals surface area contributed by atoms with E-state index in [-0.39, 0.29) is 28.7 Å². The van der Waals surface area contributed by atoms with Crippen LogP contribution < -0.4 is 10.9 Å². The second-order valence-electron chi connectivity index (χ2n) is 8.54. The Bertz CT molecular complexity index is 1230. The van der Waals surface area contributed by atoms with Crippen molar-refractivity contribution in [2.45, 2.75) is 45.8 Å². The van der Waals surface area contributed by atoms with Gasteiger partial charge in [-0.2, -0.15) is 0 Å². The van der Waals surface area contributed by atoms with Gasteiger partial charge in [0.15, 0.2) is 5.82 Å². The normalized spacial score (nSPS) is 13.7. The minimum atomic E-state index is -0.703. The first-order valence-electron chi connectivity index (χ1n) is 11.0. The highest BCUT2D eigenvalue weighted by Crippen LogP contribution is 2.23. The summed E-state index contributed by atoms with van der Waals surface area (Å²) >= 11 is 5.80. The van der Waals surface area contributed by atoms with E-state index in [4.69, 9.17) is 16.6 Å². The second kappa shape index (κ2) is 9.85. The standard InChI is InChI=1S/C25H26ClFN4O2/c1-16(2)24-29-21-14-30(13-17-7-4-3-5-8-17)12-11-18(21)25(33)31(24)15-22(32)28-20-10-6-9-19(26)23(20)27/h3-10,16H,11-15H2,1-2H3,(H,28,32). The van der Waals surface area contributed by atoms with Crippen LogP contribution in [0.5, 0.6) is 0 Å². The number of rotatable bonds is 6. The second-order valence-corrected chi connectivity index (χ2v) is 8.94. The Morgan fingerprint density at radius 3 is 2.67 bits per heavy atom. The minimum absolute atomic E-state index is 0.0193. The average molecular weight is 469 g/mol. The highest BCUT2D eigenvalue weighted by Gasteiger charge is 2.25. The third kappa shape index (κ3) is 5.15. The van der Waals surface area contributed by atoms with Crippen LogP contribution >= 0.6 is 11.6 Å². The molecule has 2 heterocycles. The fraction of sp³-hybridized carbons (Fsp3) is 0.320. The van der Waals surface area contributed by atoms with E-state index in [1.165, 1.54) is 22.3 Å². The molecule has 1 aliphatic heterocycles. The Labute approximate surface area is 197 Å². The molecule has 0 saturated carbocycles. The molecule has 0 unspecified atom stereocenters. The summed E-state index contributed by atoms with van der Waals surface area (Å²) in [7, 11) is 0. The molecule has 1 aromatic heterocycles. The van der Waals surface area contributed by atoms with E-state index < -0.39 is 11.7 Å². The van der Waals surface area contributed by atoms with Gasteiger partial charge in [-0.05, 0) is 24.1 Å². The van der Waals surface area contributed by atoms with Gasteiger partial charge in [0.25, 0.3) is 5.56 Å². The Balaban J connectivity index is 1.58. The third-order valence-corrected chi connectivity index (χ3v) is 6.01. The maximum absolute atomic E-state index is 14.2. The summed E-state index contributed by atoms with van der Waals surface area (Å²) in [5, 5.41) is 2.43. The van der Waals surface area contributed by atoms with Crippen LogP contribution in [0.4, 0.5) is 10.1 Å². The third-order valence-electron chi connectivity index (χ3n) is 5.72. The number of hydrogen-bond donors (Lipinski definition) is 1. The van der Waals surface area contributed by atoms with Gasteiger partial charge in [-0.1, -0.05) is 61.8 Å². The Morgan fingerprint density at radius 2 is 1.94 bits per heavy atom. The lowest BCUT2D eigenvalue weighted by Crippen LogP contribution is -2.40. The molecular weight excluding hydrogens is 443 g/mol. The Morgan fingerprint density at radius 1 is 1.18 bits per heavy atom. The number of halogens is 2. The summed E-state index contributed by atoms with van der Waals surface area (Å²) in [5.41, 5.74) is 2.40. The van der Waals surface area contributed by atoms with Crippen molar-refractivity contribution >= 4 is 23.2 Å². The lowest BCUT2D eigenvalue weighted by Gasteiger charge is -2.29. The van der Waals surface area contributed by atoms with Crippen molar-refractivity contribution in [2.24, 2.45) is 0 Å². The van der Waals surface area contributed by atoms with E-state index in [0.29, 0.717) is 24.4 Å². The van der Waals surface area contributed by atoms with Crippen molar-refractivity contribution in [3.05, 3.63) is 92.4 Å². The number of fused-ring (bicyclic) bond motifs is 1. The van der Waals surface area contributed by atoms with Gasteiger partial charge in [-0.3, -0.25) is 19.1 Å². The van der Waals surface area contributed by atoms with Crippen molar-refractivity contribution < 1.29 is 9.18 Å². The molecule has 172 valence electrons. The average Bonchev–Trinajstić information content (AvgIpc) is 2.79. The molecule has 1 N–H and O–H groups in total. The van der Waals surface area contributed by atoms with E-state index >= 15 is 0 Å². The quantitative estimate of drug-likeness (QED) is 0.583. The Kier molecular flexibility index (Phi) is 6.91. The van der Waals surface area contributed by atoms with Crippen molar-refractivity contribution in [3.8, 4) is 0 Å². The van der Waals surface area contributed by atoms with Crippen LogP contribution in [-0.4, -0.2) is 26.9 Å². The molecule has 0 saturated heterocycles. The summed E-state index contributed by atoms with van der Waals surface area (Å²) in [6.45, 7) is 5.73. The van der Waals surface area contributed by atoms with Gasteiger partial charge in [0.1, 0.15) is 12.4 Å². The van der Waals surface area contributed by atoms with Gasteiger partial charge in [-0.25, -0.2) is 9.37 Å². The molecular formula is C25H26ClFN4O2. The lowest BCUT2D eigenvalue weighted by atomic mass is 10.0. The van der Waals surface area contributed by atoms with Crippen molar-refractivity contribution in [2.75, 3.05) is 11.9 Å². The van der Waals surface area contributed by atoms with Gasteiger partial charge >= 0.3 is 0 Å². The molecule has 0 fully saturated rings. The van der Waals surface area contributed by atoms with E-state index in [0.717, 1.165) is 18.8 Å². The number of aromatic nitrogens is 2. The summed E-state index contributed by atoms with van der Waals surface area (Å²) in [6.07, 6.45) is 0.566. The van der Waals surface area contributed by atoms with Crippen LogP contribution in [0.2, 0.25) is 5.02 Å². The molecule has 0 radical (unpaired) electrons. The first kappa shape index (κ1) is 23.1. The molecule has 6 nitrogen and oxygen atoms in total. The SMILES string of the molecule is CC(C)c1nc2c(c(=O)n1CC(=O)Nc1cccc(Cl)c1F)CCN(Cc1ccccc1)C2. The van der Waals surface area contributed by atoms with E-state index in [1.807, 2.05) is 32.0 Å². The number of amides is 1. The van der Waals surface area contributed by atoms with Gasteiger partial charge < -0.3 is 5.32 Å². The smallest absolute Gasteiger partial charge is 0.257 e. The van der Waals surface area contributed by atoms with Crippen molar-refractivity contribution in [1.29, 1.82) is 0 Å². The summed E-state index contributed by atoms with van der Waals surface area (Å²) in [6, 6.07) is 14.6. The Hall–Kier alpha value is -3.03. The van der Waals surface area contributed by atoms with Gasteiger partial charge in [-0.15, -0.1) is 0 Å². The molecule has 8 heteroatoms. The van der Waals surface area contributed by atoms with Crippen LogP contribution in [0.3, 0.4) is 0 Å². The largest absolute Gasteiger partial charge is 0.322 e. The highest BCUT2D eigenvalue weighted by molar-refractivity contribution is 6.31. The molecule has 4 rings (SSSR count). The van der Waals surface area contributed by atoms with E-state index in [2.05, 4.69) is 22.3 Å². The molecule has 0 aliphatic carbocycles. The van der Waals surface area contributed by atoms with Crippen LogP contribution in [0.25, 0.3) is 0 Å². The first-order valence-corrected chi connectivity index (χ1v) is 11.3. The molecule has 0 spiro atoms. The van der Waals surface area contributed by atoms with Crippen molar-refractivity contribution in [1.82, 2.24) is 14.5 Å². The molecule has 1 aliphatic rings. The fourth-order valence-electron chi connectivity index (χ4n) is 4.10. The molecule has 3 aromatic rings. The van der Waals surface area contributed by atoms with E-state index in [1.54, 1.807) is 6.07 Å². The topological polar surface area (TPSA) is 67.2 Å². The van der Waals surface area contributed by atoms with Gasteiger partial charge in [0, 0.05) is 31.1 Å². The zero-order valence-electron chi connectivity index (χ0n) is 18.6. The maximum atomic E-state index is 14.2. The summed E-state index contributed by atoms with van der Waals surface area (Å²) < 4.78 is 15.6. The number of anilines is 1. The highest BCUT2D eigenvalue weighted by atomic mass is 35.5. The number of carbonyl (C=O) groups excluding carboxylic acids is 1. The van der Waals surface area contributed by atoms with Gasteiger partial charge in [0.05, 0.1) is 16.4 Å². The minimum Gasteiger partial charge on any atom is -0.322 e. The molecule has 1 amide bonds. The number of hydrogen-bond acceptors (Lipinski definition) is 4.